The summed E-state index contributed by atoms with van der Waals surface area (Å²) in [5.41, 5.74) is 2.12. The maximum absolute atomic E-state index is 12.9. The first-order valence-electron chi connectivity index (χ1n) is 7.29. The molecule has 0 aliphatic carbocycles. The smallest absolute Gasteiger partial charge is 0.263 e. The van der Waals surface area contributed by atoms with Crippen LogP contribution in [0.2, 0.25) is 0 Å². The van der Waals surface area contributed by atoms with Gasteiger partial charge in [-0.25, -0.2) is 5.48 Å². The molecule has 0 aromatic heterocycles. The molecule has 0 spiro atoms. The molecule has 2 atom stereocenters. The molecule has 7 heteroatoms. The van der Waals surface area contributed by atoms with Crippen LogP contribution in [0, 0.1) is 11.8 Å². The first kappa shape index (κ1) is 19.2. The molecular weight excluding hydrogens is 406 g/mol. The van der Waals surface area contributed by atoms with Crippen LogP contribution in [0.1, 0.15) is 17.7 Å². The third-order valence-corrected chi connectivity index (χ3v) is 5.46. The number of carbonyl (C=O) groups is 1. The van der Waals surface area contributed by atoms with E-state index >= 15 is 0 Å². The van der Waals surface area contributed by atoms with E-state index in [9.17, 15) is 9.00 Å². The predicted molar refractivity (Wildman–Crippen MR) is 98.6 cm³/mol. The molecule has 1 amide bonds. The van der Waals surface area contributed by atoms with Gasteiger partial charge in [-0.3, -0.25) is 14.2 Å². The van der Waals surface area contributed by atoms with Gasteiger partial charge in [0.1, 0.15) is 17.6 Å². The van der Waals surface area contributed by atoms with Gasteiger partial charge in [0, 0.05) is 9.37 Å². The van der Waals surface area contributed by atoms with Crippen LogP contribution in [0.3, 0.4) is 0 Å². The number of amides is 1. The number of ether oxygens (including phenoxy) is 1. The van der Waals surface area contributed by atoms with Crippen molar-refractivity contribution in [3.8, 4) is 17.6 Å². The van der Waals surface area contributed by atoms with Crippen molar-refractivity contribution in [2.24, 2.45) is 0 Å². The highest BCUT2D eigenvalue weighted by Crippen LogP contribution is 2.28. The molecule has 2 aromatic rings. The Morgan fingerprint density at radius 1 is 1.24 bits per heavy atom. The van der Waals surface area contributed by atoms with Crippen molar-refractivity contribution in [3.05, 3.63) is 58.6 Å². The molecule has 0 aliphatic rings. The number of carbonyl (C=O) groups excluding carboxylic acids is 1. The van der Waals surface area contributed by atoms with Crippen LogP contribution in [0.25, 0.3) is 0 Å². The second kappa shape index (κ2) is 9.37. The van der Waals surface area contributed by atoms with Crippen LogP contribution in [-0.2, 0) is 15.6 Å². The largest absolute Gasteiger partial charge is 0.481 e. The molecular formula is C18H16BrNO4S. The first-order chi connectivity index (χ1) is 12.1. The third-order valence-electron chi connectivity index (χ3n) is 3.28. The van der Waals surface area contributed by atoms with E-state index in [4.69, 9.17) is 9.94 Å². The number of hydroxylamine groups is 1. The lowest BCUT2D eigenvalue weighted by Crippen LogP contribution is -2.29. The zero-order valence-electron chi connectivity index (χ0n) is 13.4. The van der Waals surface area contributed by atoms with Crippen molar-refractivity contribution in [3.63, 3.8) is 0 Å². The molecule has 0 heterocycles. The maximum atomic E-state index is 12.9. The SMILES string of the molecule is CC#CCOc1ccc(S(=O)C(C(=O)NO)c2ccc(Br)cc2)cc1. The second-order valence-electron chi connectivity index (χ2n) is 4.89. The summed E-state index contributed by atoms with van der Waals surface area (Å²) in [6.45, 7) is 2.00. The molecule has 0 bridgehead atoms. The molecule has 2 unspecified atom stereocenters. The Hall–Kier alpha value is -2.14. The monoisotopic (exact) mass is 421 g/mol. The topological polar surface area (TPSA) is 75.6 Å². The van der Waals surface area contributed by atoms with E-state index in [2.05, 4.69) is 27.8 Å². The number of benzene rings is 2. The fourth-order valence-corrected chi connectivity index (χ4v) is 3.66. The van der Waals surface area contributed by atoms with E-state index in [1.807, 2.05) is 0 Å². The Morgan fingerprint density at radius 2 is 1.88 bits per heavy atom. The van der Waals surface area contributed by atoms with Crippen LogP contribution >= 0.6 is 15.9 Å². The van der Waals surface area contributed by atoms with Gasteiger partial charge in [0.25, 0.3) is 5.91 Å². The first-order valence-corrected chi connectivity index (χ1v) is 9.30. The van der Waals surface area contributed by atoms with Crippen molar-refractivity contribution in [1.29, 1.82) is 0 Å². The van der Waals surface area contributed by atoms with E-state index in [-0.39, 0.29) is 6.61 Å². The predicted octanol–water partition coefficient (Wildman–Crippen LogP) is 3.21. The summed E-state index contributed by atoms with van der Waals surface area (Å²) < 4.78 is 19.1. The van der Waals surface area contributed by atoms with Crippen molar-refractivity contribution >= 4 is 32.6 Å². The molecule has 0 aliphatic heterocycles. The van der Waals surface area contributed by atoms with Gasteiger partial charge in [0.15, 0.2) is 0 Å². The maximum Gasteiger partial charge on any atom is 0.263 e. The highest BCUT2D eigenvalue weighted by atomic mass is 79.9. The average Bonchev–Trinajstić information content (AvgIpc) is 2.64. The minimum Gasteiger partial charge on any atom is -0.481 e. The number of halogens is 1. The number of hydrogen-bond donors (Lipinski definition) is 2. The van der Waals surface area contributed by atoms with Gasteiger partial charge in [0.05, 0.1) is 10.8 Å². The van der Waals surface area contributed by atoms with Gasteiger partial charge < -0.3 is 4.74 Å². The summed E-state index contributed by atoms with van der Waals surface area (Å²) in [4.78, 5) is 12.5. The number of hydrogen-bond acceptors (Lipinski definition) is 4. The second-order valence-corrected chi connectivity index (χ2v) is 7.35. The Balaban J connectivity index is 2.25. The molecule has 5 nitrogen and oxygen atoms in total. The van der Waals surface area contributed by atoms with Crippen molar-refractivity contribution in [1.82, 2.24) is 5.48 Å². The van der Waals surface area contributed by atoms with E-state index < -0.39 is 22.0 Å². The fourth-order valence-electron chi connectivity index (χ4n) is 2.07. The molecule has 2 rings (SSSR count). The molecule has 25 heavy (non-hydrogen) atoms. The lowest BCUT2D eigenvalue weighted by atomic mass is 10.1. The van der Waals surface area contributed by atoms with Crippen molar-refractivity contribution in [2.45, 2.75) is 17.1 Å². The highest BCUT2D eigenvalue weighted by Gasteiger charge is 2.28. The Bertz CT molecular complexity index is 810. The van der Waals surface area contributed by atoms with Crippen LogP contribution in [-0.4, -0.2) is 21.9 Å². The van der Waals surface area contributed by atoms with Crippen LogP contribution in [0.5, 0.6) is 5.75 Å². The van der Waals surface area contributed by atoms with Crippen molar-refractivity contribution < 1.29 is 18.9 Å². The molecule has 0 saturated heterocycles. The van der Waals surface area contributed by atoms with Crippen LogP contribution in [0.15, 0.2) is 57.9 Å². The number of rotatable bonds is 6. The lowest BCUT2D eigenvalue weighted by Gasteiger charge is -2.15. The van der Waals surface area contributed by atoms with E-state index in [1.54, 1.807) is 60.9 Å². The van der Waals surface area contributed by atoms with Gasteiger partial charge in [-0.05, 0) is 48.9 Å². The Kier molecular flexibility index (Phi) is 7.19. The fraction of sp³-hybridized carbons (Fsp3) is 0.167. The number of nitrogens with one attached hydrogen (secondary N) is 1. The zero-order chi connectivity index (χ0) is 18.2. The van der Waals surface area contributed by atoms with Gasteiger partial charge in [-0.1, -0.05) is 34.0 Å². The third kappa shape index (κ3) is 5.16. The lowest BCUT2D eigenvalue weighted by molar-refractivity contribution is -0.128. The summed E-state index contributed by atoms with van der Waals surface area (Å²) in [6, 6.07) is 13.4. The summed E-state index contributed by atoms with van der Waals surface area (Å²) in [6.07, 6.45) is 0. The highest BCUT2D eigenvalue weighted by molar-refractivity contribution is 9.10. The van der Waals surface area contributed by atoms with Gasteiger partial charge >= 0.3 is 0 Å². The Morgan fingerprint density at radius 3 is 2.44 bits per heavy atom. The summed E-state index contributed by atoms with van der Waals surface area (Å²) in [5.74, 6) is 5.37. The zero-order valence-corrected chi connectivity index (χ0v) is 15.8. The summed E-state index contributed by atoms with van der Waals surface area (Å²) >= 11 is 3.32. The van der Waals surface area contributed by atoms with Crippen LogP contribution in [0.4, 0.5) is 0 Å². The van der Waals surface area contributed by atoms with Crippen molar-refractivity contribution in [2.75, 3.05) is 6.61 Å². The van der Waals surface area contributed by atoms with Gasteiger partial charge in [0.2, 0.25) is 0 Å². The minimum absolute atomic E-state index is 0.271. The summed E-state index contributed by atoms with van der Waals surface area (Å²) in [5, 5.41) is 7.97. The molecule has 0 saturated carbocycles. The molecule has 130 valence electrons. The molecule has 2 N–H and O–H groups in total. The van der Waals surface area contributed by atoms with E-state index in [0.717, 1.165) is 4.47 Å². The van der Waals surface area contributed by atoms with Gasteiger partial charge in [-0.15, -0.1) is 5.92 Å². The average molecular weight is 422 g/mol. The standard InChI is InChI=1S/C18H16BrNO4S/c1-2-3-12-24-15-8-10-16(11-9-15)25(23)17(18(21)20-22)13-4-6-14(19)7-5-13/h4-11,17,22H,12H2,1H3,(H,20,21). The molecule has 0 fully saturated rings. The van der Waals surface area contributed by atoms with E-state index in [0.29, 0.717) is 16.2 Å². The molecule has 2 aromatic carbocycles. The van der Waals surface area contributed by atoms with Gasteiger partial charge in [-0.2, -0.15) is 0 Å². The quantitative estimate of drug-likeness (QED) is 0.426. The normalized spacial score (nSPS) is 12.4. The Labute approximate surface area is 156 Å². The minimum atomic E-state index is -1.70. The van der Waals surface area contributed by atoms with Crippen LogP contribution < -0.4 is 10.2 Å². The molecule has 0 radical (unpaired) electrons. The summed E-state index contributed by atoms with van der Waals surface area (Å²) in [7, 11) is -1.70. The van der Waals surface area contributed by atoms with E-state index in [1.165, 1.54) is 0 Å².